The van der Waals surface area contributed by atoms with Crippen molar-refractivity contribution in [3.05, 3.63) is 48.5 Å². The van der Waals surface area contributed by atoms with Crippen molar-refractivity contribution < 1.29 is 17.9 Å². The normalized spacial score (nSPS) is 12.3. The van der Waals surface area contributed by atoms with Crippen molar-refractivity contribution in [1.29, 1.82) is 0 Å². The second-order valence-electron chi connectivity index (χ2n) is 5.71. The standard InChI is InChI=1S/C18H22N2O4S2/c1-13(18(21)19-14-6-5-7-17(12-14)25-3)24-16-10-8-15(9-11-16)20(2)26(4,22)23/h5-13H,1-4H3,(H,19,21)/t13-/m0/s1. The molecule has 1 atom stereocenters. The molecule has 0 fully saturated rings. The van der Waals surface area contributed by atoms with Crippen LogP contribution >= 0.6 is 11.8 Å². The Morgan fingerprint density at radius 2 is 1.85 bits per heavy atom. The molecule has 2 aromatic carbocycles. The molecule has 0 saturated carbocycles. The van der Waals surface area contributed by atoms with E-state index < -0.39 is 16.1 Å². The highest BCUT2D eigenvalue weighted by Crippen LogP contribution is 2.22. The number of rotatable bonds is 7. The number of sulfonamides is 1. The number of carbonyl (C=O) groups excluding carboxylic acids is 1. The van der Waals surface area contributed by atoms with Gasteiger partial charge in [0.25, 0.3) is 5.91 Å². The van der Waals surface area contributed by atoms with Crippen LogP contribution in [0, 0.1) is 0 Å². The first kappa shape index (κ1) is 20.1. The Labute approximate surface area is 158 Å². The molecule has 140 valence electrons. The minimum atomic E-state index is -3.32. The Morgan fingerprint density at radius 3 is 2.42 bits per heavy atom. The molecule has 0 aliphatic heterocycles. The summed E-state index contributed by atoms with van der Waals surface area (Å²) in [4.78, 5) is 13.3. The van der Waals surface area contributed by atoms with Gasteiger partial charge in [-0.3, -0.25) is 9.10 Å². The van der Waals surface area contributed by atoms with E-state index in [0.29, 0.717) is 17.1 Å². The maximum absolute atomic E-state index is 12.3. The molecule has 0 aliphatic rings. The average molecular weight is 395 g/mol. The molecule has 1 amide bonds. The zero-order chi connectivity index (χ0) is 19.3. The van der Waals surface area contributed by atoms with Gasteiger partial charge in [-0.25, -0.2) is 8.42 Å². The Kier molecular flexibility index (Phi) is 6.55. The second kappa shape index (κ2) is 8.46. The van der Waals surface area contributed by atoms with Crippen LogP contribution in [0.5, 0.6) is 5.75 Å². The van der Waals surface area contributed by atoms with Gasteiger partial charge in [-0.2, -0.15) is 0 Å². The zero-order valence-electron chi connectivity index (χ0n) is 15.1. The highest BCUT2D eigenvalue weighted by molar-refractivity contribution is 7.98. The summed E-state index contributed by atoms with van der Waals surface area (Å²) in [6, 6.07) is 14.1. The van der Waals surface area contributed by atoms with Crippen molar-refractivity contribution in [2.45, 2.75) is 17.9 Å². The van der Waals surface area contributed by atoms with Crippen LogP contribution in [0.2, 0.25) is 0 Å². The molecule has 26 heavy (non-hydrogen) atoms. The third-order valence-corrected chi connectivity index (χ3v) is 5.65. The quantitative estimate of drug-likeness (QED) is 0.730. The summed E-state index contributed by atoms with van der Waals surface area (Å²) in [5.74, 6) is 0.219. The number of nitrogens with zero attached hydrogens (tertiary/aromatic N) is 1. The van der Waals surface area contributed by atoms with Gasteiger partial charge in [-0.15, -0.1) is 11.8 Å². The van der Waals surface area contributed by atoms with Crippen molar-refractivity contribution in [3.63, 3.8) is 0 Å². The molecule has 0 saturated heterocycles. The number of hydrogen-bond donors (Lipinski definition) is 1. The van der Waals surface area contributed by atoms with Gasteiger partial charge < -0.3 is 10.1 Å². The second-order valence-corrected chi connectivity index (χ2v) is 8.60. The van der Waals surface area contributed by atoms with Gasteiger partial charge in [0.1, 0.15) is 5.75 Å². The van der Waals surface area contributed by atoms with Gasteiger partial charge in [-0.05, 0) is 55.6 Å². The van der Waals surface area contributed by atoms with E-state index in [1.54, 1.807) is 43.0 Å². The van der Waals surface area contributed by atoms with E-state index in [9.17, 15) is 13.2 Å². The summed E-state index contributed by atoms with van der Waals surface area (Å²) in [5.41, 5.74) is 1.23. The summed E-state index contributed by atoms with van der Waals surface area (Å²) in [6.07, 6.45) is 2.40. The molecule has 0 unspecified atom stereocenters. The highest BCUT2D eigenvalue weighted by Gasteiger charge is 2.16. The molecular formula is C18H22N2O4S2. The minimum absolute atomic E-state index is 0.263. The smallest absolute Gasteiger partial charge is 0.265 e. The van der Waals surface area contributed by atoms with Crippen molar-refractivity contribution >= 4 is 39.1 Å². The largest absolute Gasteiger partial charge is 0.481 e. The maximum Gasteiger partial charge on any atom is 0.265 e. The van der Waals surface area contributed by atoms with Gasteiger partial charge in [0.05, 0.1) is 11.9 Å². The predicted molar refractivity (Wildman–Crippen MR) is 107 cm³/mol. The molecule has 0 spiro atoms. The average Bonchev–Trinajstić information content (AvgIpc) is 2.61. The number of carbonyl (C=O) groups is 1. The number of hydrogen-bond acceptors (Lipinski definition) is 5. The number of nitrogens with one attached hydrogen (secondary N) is 1. The van der Waals surface area contributed by atoms with Gasteiger partial charge >= 0.3 is 0 Å². The van der Waals surface area contributed by atoms with Gasteiger partial charge in [0.2, 0.25) is 10.0 Å². The molecule has 2 rings (SSSR count). The molecule has 0 bridgehead atoms. The summed E-state index contributed by atoms with van der Waals surface area (Å²) < 4.78 is 29.9. The van der Waals surface area contributed by atoms with E-state index in [0.717, 1.165) is 11.2 Å². The number of benzene rings is 2. The summed E-state index contributed by atoms with van der Waals surface area (Å²) in [5, 5.41) is 2.82. The van der Waals surface area contributed by atoms with Gasteiger partial charge in [0.15, 0.2) is 6.10 Å². The first-order valence-corrected chi connectivity index (χ1v) is 10.9. The Morgan fingerprint density at radius 1 is 1.19 bits per heavy atom. The lowest BCUT2D eigenvalue weighted by Gasteiger charge is -2.18. The molecule has 2 aromatic rings. The van der Waals surface area contributed by atoms with Gasteiger partial charge in [-0.1, -0.05) is 6.07 Å². The SMILES string of the molecule is CSc1cccc(NC(=O)[C@H](C)Oc2ccc(N(C)S(C)(=O)=O)cc2)c1. The van der Waals surface area contributed by atoms with E-state index in [1.165, 1.54) is 11.4 Å². The summed E-state index contributed by atoms with van der Waals surface area (Å²) in [7, 11) is -1.84. The third-order valence-electron chi connectivity index (χ3n) is 3.72. The topological polar surface area (TPSA) is 75.7 Å². The van der Waals surface area contributed by atoms with E-state index in [1.807, 2.05) is 30.5 Å². The molecule has 6 nitrogen and oxygen atoms in total. The summed E-state index contributed by atoms with van der Waals surface area (Å²) in [6.45, 7) is 1.66. The first-order valence-electron chi connectivity index (χ1n) is 7.86. The number of thioether (sulfide) groups is 1. The third kappa shape index (κ3) is 5.40. The van der Waals surface area contributed by atoms with E-state index >= 15 is 0 Å². The minimum Gasteiger partial charge on any atom is -0.481 e. The molecule has 8 heteroatoms. The summed E-state index contributed by atoms with van der Waals surface area (Å²) >= 11 is 1.60. The van der Waals surface area contributed by atoms with Crippen LogP contribution in [0.3, 0.4) is 0 Å². The number of anilines is 2. The van der Waals surface area contributed by atoms with Crippen molar-refractivity contribution in [3.8, 4) is 5.75 Å². The van der Waals surface area contributed by atoms with Crippen molar-refractivity contribution in [2.75, 3.05) is 29.2 Å². The highest BCUT2D eigenvalue weighted by atomic mass is 32.2. The Hall–Kier alpha value is -2.19. The van der Waals surface area contributed by atoms with Gasteiger partial charge in [0, 0.05) is 17.6 Å². The van der Waals surface area contributed by atoms with Crippen LogP contribution in [0.15, 0.2) is 53.4 Å². The van der Waals surface area contributed by atoms with E-state index in [4.69, 9.17) is 4.74 Å². The van der Waals surface area contributed by atoms with Crippen LogP contribution in [0.4, 0.5) is 11.4 Å². The van der Waals surface area contributed by atoms with Crippen LogP contribution in [-0.2, 0) is 14.8 Å². The monoisotopic (exact) mass is 394 g/mol. The molecule has 0 aliphatic carbocycles. The predicted octanol–water partition coefficient (Wildman–Crippen LogP) is 3.21. The lowest BCUT2D eigenvalue weighted by atomic mass is 10.3. The molecule has 1 N–H and O–H groups in total. The van der Waals surface area contributed by atoms with Crippen LogP contribution in [-0.4, -0.2) is 40.0 Å². The fraction of sp³-hybridized carbons (Fsp3) is 0.278. The molecule has 0 radical (unpaired) electrons. The maximum atomic E-state index is 12.3. The molecule has 0 aromatic heterocycles. The van der Waals surface area contributed by atoms with E-state index in [2.05, 4.69) is 5.32 Å². The van der Waals surface area contributed by atoms with Crippen LogP contribution in [0.1, 0.15) is 6.92 Å². The first-order chi connectivity index (χ1) is 12.2. The van der Waals surface area contributed by atoms with Crippen LogP contribution < -0.4 is 14.4 Å². The fourth-order valence-electron chi connectivity index (χ4n) is 2.13. The van der Waals surface area contributed by atoms with Crippen molar-refractivity contribution in [1.82, 2.24) is 0 Å². The number of ether oxygens (including phenoxy) is 1. The lowest BCUT2D eigenvalue weighted by molar-refractivity contribution is -0.122. The van der Waals surface area contributed by atoms with E-state index in [-0.39, 0.29) is 5.91 Å². The molecule has 0 heterocycles. The van der Waals surface area contributed by atoms with Crippen LogP contribution in [0.25, 0.3) is 0 Å². The Balaban J connectivity index is 2.00. The zero-order valence-corrected chi connectivity index (χ0v) is 16.7. The fourth-order valence-corrected chi connectivity index (χ4v) is 3.09. The molecular weight excluding hydrogens is 372 g/mol. The Bertz CT molecular complexity index is 867. The van der Waals surface area contributed by atoms with Crippen molar-refractivity contribution in [2.24, 2.45) is 0 Å². The lowest BCUT2D eigenvalue weighted by Crippen LogP contribution is -2.30. The number of amides is 1.